The number of allylic oxidation sites excluding steroid dienone is 2. The van der Waals surface area contributed by atoms with Gasteiger partial charge in [-0.25, -0.2) is 0 Å². The molecule has 1 atom stereocenters. The molecule has 17 heavy (non-hydrogen) atoms. The van der Waals surface area contributed by atoms with E-state index in [2.05, 4.69) is 18.5 Å². The molecular formula is C14H25NO2. The van der Waals surface area contributed by atoms with Crippen LogP contribution in [0, 0.1) is 0 Å². The maximum atomic E-state index is 5.83. The normalized spacial score (nSPS) is 16.6. The van der Waals surface area contributed by atoms with Gasteiger partial charge in [0.15, 0.2) is 0 Å². The van der Waals surface area contributed by atoms with Crippen molar-refractivity contribution in [3.8, 4) is 0 Å². The van der Waals surface area contributed by atoms with Gasteiger partial charge >= 0.3 is 0 Å². The zero-order valence-corrected chi connectivity index (χ0v) is 12.0. The Morgan fingerprint density at radius 3 is 2.35 bits per heavy atom. The highest BCUT2D eigenvalue weighted by Crippen LogP contribution is 2.20. The van der Waals surface area contributed by atoms with E-state index in [4.69, 9.17) is 9.47 Å². The second kappa shape index (κ2) is 7.28. The maximum absolute atomic E-state index is 5.83. The molecule has 1 unspecified atom stereocenters. The number of hydrogen-bond donors (Lipinski definition) is 0. The van der Waals surface area contributed by atoms with Crippen LogP contribution in [0.25, 0.3) is 0 Å². The first kappa shape index (κ1) is 15.9. The van der Waals surface area contributed by atoms with Crippen LogP contribution in [0.2, 0.25) is 0 Å². The fraction of sp³-hybridized carbons (Fsp3) is 0.643. The summed E-state index contributed by atoms with van der Waals surface area (Å²) in [7, 11) is 3.45. The predicted octanol–water partition coefficient (Wildman–Crippen LogP) is 3.37. The Morgan fingerprint density at radius 1 is 1.41 bits per heavy atom. The molecular weight excluding hydrogens is 214 g/mol. The van der Waals surface area contributed by atoms with Crippen molar-refractivity contribution in [3.63, 3.8) is 0 Å². The molecule has 0 fully saturated rings. The molecule has 0 saturated carbocycles. The molecule has 0 aliphatic carbocycles. The highest BCUT2D eigenvalue weighted by Gasteiger charge is 2.22. The maximum Gasteiger partial charge on any atom is 0.126 e. The molecule has 0 saturated heterocycles. The Balaban J connectivity index is 4.82. The van der Waals surface area contributed by atoms with Crippen LogP contribution in [0.4, 0.5) is 0 Å². The Hall–Kier alpha value is -1.09. The van der Waals surface area contributed by atoms with Gasteiger partial charge in [-0.1, -0.05) is 13.5 Å². The van der Waals surface area contributed by atoms with Gasteiger partial charge < -0.3 is 9.47 Å². The number of ether oxygens (including phenoxy) is 2. The largest absolute Gasteiger partial charge is 0.490 e. The second-order valence-electron chi connectivity index (χ2n) is 4.48. The molecule has 3 nitrogen and oxygen atoms in total. The third-order valence-electron chi connectivity index (χ3n) is 2.83. The summed E-state index contributed by atoms with van der Waals surface area (Å²) in [6, 6.07) is 0. The van der Waals surface area contributed by atoms with Crippen molar-refractivity contribution in [3.05, 3.63) is 23.5 Å². The Bertz CT molecular complexity index is 312. The van der Waals surface area contributed by atoms with Crippen molar-refractivity contribution in [1.29, 1.82) is 0 Å². The van der Waals surface area contributed by atoms with E-state index in [1.165, 1.54) is 0 Å². The lowest BCUT2D eigenvalue weighted by Crippen LogP contribution is -2.32. The van der Waals surface area contributed by atoms with Crippen LogP contribution < -0.4 is 0 Å². The van der Waals surface area contributed by atoms with E-state index < -0.39 is 0 Å². The van der Waals surface area contributed by atoms with Gasteiger partial charge in [-0.2, -0.15) is 0 Å². The molecule has 0 aromatic heterocycles. The molecule has 0 rings (SSSR count). The fourth-order valence-electron chi connectivity index (χ4n) is 1.36. The summed E-state index contributed by atoms with van der Waals surface area (Å²) >= 11 is 0. The van der Waals surface area contributed by atoms with Gasteiger partial charge in [0, 0.05) is 25.9 Å². The van der Waals surface area contributed by atoms with Crippen LogP contribution in [0.1, 0.15) is 34.1 Å². The van der Waals surface area contributed by atoms with Crippen LogP contribution >= 0.6 is 0 Å². The summed E-state index contributed by atoms with van der Waals surface area (Å²) in [5.41, 5.74) is 1.62. The van der Waals surface area contributed by atoms with Gasteiger partial charge in [0.05, 0.1) is 5.60 Å². The van der Waals surface area contributed by atoms with Crippen molar-refractivity contribution in [2.24, 2.45) is 4.99 Å². The van der Waals surface area contributed by atoms with Gasteiger partial charge in [0.25, 0.3) is 0 Å². The topological polar surface area (TPSA) is 30.8 Å². The summed E-state index contributed by atoms with van der Waals surface area (Å²) in [6.07, 6.45) is 2.67. The van der Waals surface area contributed by atoms with Crippen molar-refractivity contribution in [2.75, 3.05) is 20.8 Å². The lowest BCUT2D eigenvalue weighted by molar-refractivity contribution is -0.0483. The monoisotopic (exact) mass is 239 g/mol. The minimum Gasteiger partial charge on any atom is -0.490 e. The smallest absolute Gasteiger partial charge is 0.126 e. The number of hydrogen-bond acceptors (Lipinski definition) is 3. The van der Waals surface area contributed by atoms with Crippen molar-refractivity contribution in [1.82, 2.24) is 0 Å². The third-order valence-corrected chi connectivity index (χ3v) is 2.83. The van der Waals surface area contributed by atoms with Crippen LogP contribution in [-0.2, 0) is 9.47 Å². The molecule has 0 aliphatic heterocycles. The minimum absolute atomic E-state index is 0.260. The minimum atomic E-state index is -0.260. The van der Waals surface area contributed by atoms with Gasteiger partial charge in [-0.15, -0.1) is 0 Å². The number of aliphatic imine (C=N–C) groups is 1. The van der Waals surface area contributed by atoms with Gasteiger partial charge in [-0.05, 0) is 32.8 Å². The Labute approximate surface area is 105 Å². The molecule has 0 bridgehead atoms. The zero-order chi connectivity index (χ0) is 13.5. The second-order valence-corrected chi connectivity index (χ2v) is 4.48. The van der Waals surface area contributed by atoms with Gasteiger partial charge in [0.2, 0.25) is 0 Å². The number of rotatable bonds is 7. The molecule has 0 aromatic rings. The first-order chi connectivity index (χ1) is 7.90. The van der Waals surface area contributed by atoms with E-state index in [0.717, 1.165) is 23.3 Å². The quantitative estimate of drug-likeness (QED) is 0.387. The van der Waals surface area contributed by atoms with Crippen LogP contribution in [0.5, 0.6) is 0 Å². The first-order valence-electron chi connectivity index (χ1n) is 5.87. The van der Waals surface area contributed by atoms with Crippen LogP contribution in [0.3, 0.4) is 0 Å². The number of nitrogens with zero attached hydrogens (tertiary/aromatic N) is 1. The highest BCUT2D eigenvalue weighted by atomic mass is 16.5. The lowest BCUT2D eigenvalue weighted by Gasteiger charge is -2.27. The molecule has 0 N–H and O–H groups in total. The fourth-order valence-corrected chi connectivity index (χ4v) is 1.36. The van der Waals surface area contributed by atoms with Gasteiger partial charge in [-0.3, -0.25) is 4.99 Å². The molecule has 0 amide bonds. The van der Waals surface area contributed by atoms with Crippen molar-refractivity contribution in [2.45, 2.75) is 39.7 Å². The lowest BCUT2D eigenvalue weighted by atomic mass is 10.1. The summed E-state index contributed by atoms with van der Waals surface area (Å²) in [5, 5.41) is 0. The highest BCUT2D eigenvalue weighted by molar-refractivity contribution is 5.79. The zero-order valence-electron chi connectivity index (χ0n) is 12.0. The first-order valence-corrected chi connectivity index (χ1v) is 5.87. The standard InChI is InChI=1S/C14H25NO2/c1-8-14(5,16-7)10-17-13(11(2)3)12(4)9-15-6/h9H,2,8,10H2,1,3-7H3/b13-12+,15-9-. The van der Waals surface area contributed by atoms with Crippen LogP contribution in [0.15, 0.2) is 28.5 Å². The Morgan fingerprint density at radius 2 is 2.00 bits per heavy atom. The van der Waals surface area contributed by atoms with E-state index in [1.54, 1.807) is 20.4 Å². The van der Waals surface area contributed by atoms with Gasteiger partial charge in [0.1, 0.15) is 12.4 Å². The van der Waals surface area contributed by atoms with Crippen LogP contribution in [-0.4, -0.2) is 32.6 Å². The Kier molecular flexibility index (Phi) is 6.81. The molecule has 0 aliphatic rings. The van der Waals surface area contributed by atoms with E-state index in [1.807, 2.05) is 20.8 Å². The molecule has 98 valence electrons. The molecule has 0 aromatic carbocycles. The molecule has 0 radical (unpaired) electrons. The average Bonchev–Trinajstić information content (AvgIpc) is 2.29. The SMILES string of the molecule is C=C(C)/C(OCC(C)(CC)OC)=C(C)\C=N/C. The predicted molar refractivity (Wildman–Crippen MR) is 73.6 cm³/mol. The van der Waals surface area contributed by atoms with E-state index in [9.17, 15) is 0 Å². The van der Waals surface area contributed by atoms with Crippen molar-refractivity contribution >= 4 is 6.21 Å². The summed E-state index contributed by atoms with van der Waals surface area (Å²) in [6.45, 7) is 12.4. The van der Waals surface area contributed by atoms with Crippen molar-refractivity contribution < 1.29 is 9.47 Å². The molecule has 3 heteroatoms. The van der Waals surface area contributed by atoms with E-state index in [-0.39, 0.29) is 5.60 Å². The third kappa shape index (κ3) is 5.18. The summed E-state index contributed by atoms with van der Waals surface area (Å²) < 4.78 is 11.3. The molecule has 0 spiro atoms. The summed E-state index contributed by atoms with van der Waals surface area (Å²) in [4.78, 5) is 3.99. The van der Waals surface area contributed by atoms with E-state index >= 15 is 0 Å². The van der Waals surface area contributed by atoms with E-state index in [0.29, 0.717) is 6.61 Å². The number of methoxy groups -OCH3 is 1. The summed E-state index contributed by atoms with van der Waals surface area (Å²) in [5.74, 6) is 0.798. The average molecular weight is 239 g/mol. The molecule has 0 heterocycles.